The number of nitrogens with zero attached hydrogens (tertiary/aromatic N) is 1. The molecule has 3 amide bonds. The topological polar surface area (TPSA) is 158 Å². The third kappa shape index (κ3) is 9.60. The van der Waals surface area contributed by atoms with Crippen molar-refractivity contribution in [1.29, 1.82) is 5.26 Å². The van der Waals surface area contributed by atoms with E-state index in [1.807, 2.05) is 19.9 Å². The van der Waals surface area contributed by atoms with E-state index in [2.05, 4.69) is 22.0 Å². The molecule has 1 aromatic rings. The van der Waals surface area contributed by atoms with Gasteiger partial charge in [0.25, 0.3) is 0 Å². The first-order chi connectivity index (χ1) is 18.7. The third-order valence-electron chi connectivity index (χ3n) is 6.30. The molecule has 12 heteroatoms. The fraction of sp³-hybridized carbons (Fsp3) is 0.519. The van der Waals surface area contributed by atoms with Gasteiger partial charge in [-0.25, -0.2) is 0 Å². The van der Waals surface area contributed by atoms with Crippen molar-refractivity contribution < 1.29 is 29.0 Å². The molecular formula is C27H34N4O6S2. The van der Waals surface area contributed by atoms with Crippen LogP contribution in [-0.2, 0) is 30.3 Å². The van der Waals surface area contributed by atoms with Gasteiger partial charge in [-0.1, -0.05) is 53.6 Å². The van der Waals surface area contributed by atoms with Gasteiger partial charge in [-0.05, 0) is 36.1 Å². The number of allylic oxidation sites excluding steroid dienone is 1. The van der Waals surface area contributed by atoms with Gasteiger partial charge in [0.15, 0.2) is 0 Å². The molecule has 4 N–H and O–H groups in total. The Kier molecular flexibility index (Phi) is 11.7. The number of aliphatic hydroxyl groups is 1. The highest BCUT2D eigenvalue weighted by Crippen LogP contribution is 2.24. The molecule has 1 fully saturated rings. The monoisotopic (exact) mass is 574 g/mol. The zero-order valence-corrected chi connectivity index (χ0v) is 23.6. The summed E-state index contributed by atoms with van der Waals surface area (Å²) in [6.45, 7) is 3.62. The van der Waals surface area contributed by atoms with E-state index >= 15 is 0 Å². The maximum absolute atomic E-state index is 13.5. The Bertz CT molecular complexity index is 1120. The number of nitrogens with one attached hydrogen (secondary N) is 3. The molecule has 0 radical (unpaired) electrons. The largest absolute Gasteiger partial charge is 0.457 e. The van der Waals surface area contributed by atoms with E-state index in [-0.39, 0.29) is 30.9 Å². The number of aliphatic hydroxyl groups excluding tert-OH is 1. The Morgan fingerprint density at radius 2 is 1.90 bits per heavy atom. The van der Waals surface area contributed by atoms with E-state index in [1.165, 1.54) is 21.6 Å². The second kappa shape index (κ2) is 15.0. The standard InChI is InChI=1S/C27H34N4O6S2/c1-16(2)25-22(32)13-24(34)37-19-8-3-4-9-38-39-15-21(27(36)31-25)30-26(35)20(29-23(33)12-19)11-17-6-5-7-18(10-17)14-28/h3,5-8,10,16,19-22,25,32H,4,9,11-13,15H2,1-2H3,(H,29,33)(H,30,35)(H,31,36)/b8-3+/t19-,20-,21+,22+,25-/m1/s1. The van der Waals surface area contributed by atoms with E-state index in [9.17, 15) is 29.5 Å². The predicted octanol–water partition coefficient (Wildman–Crippen LogP) is 1.62. The van der Waals surface area contributed by atoms with Crippen molar-refractivity contribution in [3.63, 3.8) is 0 Å². The number of benzene rings is 1. The Labute approximate surface area is 236 Å². The zero-order valence-electron chi connectivity index (χ0n) is 21.9. The number of nitriles is 1. The minimum atomic E-state index is -1.23. The molecule has 210 valence electrons. The van der Waals surface area contributed by atoms with Crippen molar-refractivity contribution >= 4 is 45.3 Å². The molecule has 0 spiro atoms. The number of hydrogen-bond acceptors (Lipinski definition) is 9. The molecule has 5 atom stereocenters. The number of carbonyl (C=O) groups excluding carboxylic acids is 4. The van der Waals surface area contributed by atoms with Crippen LogP contribution in [0.15, 0.2) is 36.4 Å². The van der Waals surface area contributed by atoms with E-state index < -0.39 is 54.0 Å². The molecular weight excluding hydrogens is 540 g/mol. The first kappa shape index (κ1) is 30.5. The molecule has 2 aliphatic heterocycles. The molecule has 3 rings (SSSR count). The molecule has 2 bridgehead atoms. The number of hydrogen-bond donors (Lipinski definition) is 4. The lowest BCUT2D eigenvalue weighted by atomic mass is 9.96. The van der Waals surface area contributed by atoms with Gasteiger partial charge in [0.1, 0.15) is 18.2 Å². The zero-order chi connectivity index (χ0) is 28.4. The van der Waals surface area contributed by atoms with Crippen molar-refractivity contribution in [1.82, 2.24) is 16.0 Å². The molecule has 1 saturated heterocycles. The van der Waals surface area contributed by atoms with Gasteiger partial charge in [0.05, 0.1) is 36.6 Å². The highest BCUT2D eigenvalue weighted by atomic mass is 33.1. The van der Waals surface area contributed by atoms with Gasteiger partial charge in [-0.3, -0.25) is 19.2 Å². The van der Waals surface area contributed by atoms with Gasteiger partial charge in [-0.15, -0.1) is 0 Å². The fourth-order valence-corrected chi connectivity index (χ4v) is 6.44. The molecule has 39 heavy (non-hydrogen) atoms. The summed E-state index contributed by atoms with van der Waals surface area (Å²) < 4.78 is 5.54. The van der Waals surface area contributed by atoms with E-state index in [0.29, 0.717) is 23.3 Å². The van der Waals surface area contributed by atoms with Crippen LogP contribution in [0.25, 0.3) is 0 Å². The minimum absolute atomic E-state index is 0.0803. The van der Waals surface area contributed by atoms with Crippen LogP contribution in [0.1, 0.15) is 44.2 Å². The second-order valence-electron chi connectivity index (χ2n) is 9.80. The molecule has 2 heterocycles. The molecule has 0 aliphatic carbocycles. The summed E-state index contributed by atoms with van der Waals surface area (Å²) in [5, 5.41) is 28.4. The summed E-state index contributed by atoms with van der Waals surface area (Å²) in [5.41, 5.74) is 1.07. The quantitative estimate of drug-likeness (QED) is 0.239. The van der Waals surface area contributed by atoms with Gasteiger partial charge < -0.3 is 25.8 Å². The van der Waals surface area contributed by atoms with E-state index in [4.69, 9.17) is 4.74 Å². The smallest absolute Gasteiger partial charge is 0.309 e. The van der Waals surface area contributed by atoms with Crippen LogP contribution in [0.4, 0.5) is 0 Å². The number of esters is 1. The van der Waals surface area contributed by atoms with Crippen LogP contribution >= 0.6 is 21.6 Å². The molecule has 0 saturated carbocycles. The molecule has 0 aromatic heterocycles. The maximum atomic E-state index is 13.5. The van der Waals surface area contributed by atoms with Crippen LogP contribution in [0.3, 0.4) is 0 Å². The summed E-state index contributed by atoms with van der Waals surface area (Å²) in [7, 11) is 2.97. The van der Waals surface area contributed by atoms with Crippen molar-refractivity contribution in [2.45, 2.75) is 69.9 Å². The van der Waals surface area contributed by atoms with Gasteiger partial charge in [-0.2, -0.15) is 5.26 Å². The fourth-order valence-electron chi connectivity index (χ4n) is 4.28. The summed E-state index contributed by atoms with van der Waals surface area (Å²) in [4.78, 5) is 52.7. The Hall–Kier alpha value is -3.01. The van der Waals surface area contributed by atoms with Gasteiger partial charge >= 0.3 is 5.97 Å². The molecule has 2 aliphatic rings. The summed E-state index contributed by atoms with van der Waals surface area (Å²) in [5.74, 6) is -1.55. The van der Waals surface area contributed by atoms with E-state index in [1.54, 1.807) is 30.3 Å². The van der Waals surface area contributed by atoms with Gasteiger partial charge in [0, 0.05) is 17.9 Å². The highest BCUT2D eigenvalue weighted by Gasteiger charge is 2.33. The highest BCUT2D eigenvalue weighted by molar-refractivity contribution is 8.76. The predicted molar refractivity (Wildman–Crippen MR) is 149 cm³/mol. The second-order valence-corrected chi connectivity index (χ2v) is 12.4. The van der Waals surface area contributed by atoms with Crippen molar-refractivity contribution in [3.05, 3.63) is 47.5 Å². The van der Waals surface area contributed by atoms with Crippen molar-refractivity contribution in [2.24, 2.45) is 5.92 Å². The summed E-state index contributed by atoms with van der Waals surface area (Å²) >= 11 is 0. The minimum Gasteiger partial charge on any atom is -0.457 e. The first-order valence-corrected chi connectivity index (χ1v) is 15.3. The number of ether oxygens (including phenoxy) is 1. The van der Waals surface area contributed by atoms with Gasteiger partial charge in [0.2, 0.25) is 17.7 Å². The SMILES string of the molecule is CC(C)[C@H]1NC(=O)[C@@H]2CSSCC/C=C/[C@H](CC(=O)N[C@H](Cc3cccc(C#N)c3)C(=O)N2)OC(=O)C[C@@H]1O. The Morgan fingerprint density at radius 3 is 2.64 bits per heavy atom. The summed E-state index contributed by atoms with van der Waals surface area (Å²) in [6.07, 6.45) is 1.49. The van der Waals surface area contributed by atoms with Crippen LogP contribution in [0.2, 0.25) is 0 Å². The number of rotatable bonds is 3. The Balaban J connectivity index is 2.00. The Morgan fingerprint density at radius 1 is 1.10 bits per heavy atom. The number of carbonyl (C=O) groups is 4. The summed E-state index contributed by atoms with van der Waals surface area (Å²) in [6, 6.07) is 5.99. The van der Waals surface area contributed by atoms with Crippen LogP contribution < -0.4 is 16.0 Å². The van der Waals surface area contributed by atoms with Crippen LogP contribution in [-0.4, -0.2) is 70.6 Å². The molecule has 0 unspecified atom stereocenters. The lowest BCUT2D eigenvalue weighted by Crippen LogP contribution is -2.58. The van der Waals surface area contributed by atoms with Crippen molar-refractivity contribution in [3.8, 4) is 6.07 Å². The lowest BCUT2D eigenvalue weighted by molar-refractivity contribution is -0.151. The average Bonchev–Trinajstić information content (AvgIpc) is 2.88. The molecule has 10 nitrogen and oxygen atoms in total. The average molecular weight is 575 g/mol. The van der Waals surface area contributed by atoms with E-state index in [0.717, 1.165) is 0 Å². The van der Waals surface area contributed by atoms with Crippen molar-refractivity contribution in [2.75, 3.05) is 11.5 Å². The first-order valence-electron chi connectivity index (χ1n) is 12.8. The lowest BCUT2D eigenvalue weighted by Gasteiger charge is -2.29. The maximum Gasteiger partial charge on any atom is 0.309 e. The number of amides is 3. The molecule has 1 aromatic carbocycles. The third-order valence-corrected chi connectivity index (χ3v) is 8.75. The number of fused-ring (bicyclic) bond motifs is 7. The van der Waals surface area contributed by atoms with Crippen LogP contribution in [0, 0.1) is 17.2 Å². The normalized spacial score (nSPS) is 28.4. The van der Waals surface area contributed by atoms with Crippen LogP contribution in [0.5, 0.6) is 0 Å².